The maximum Gasteiger partial charge on any atom is 2.00 e. The molecule has 0 unspecified atom stereocenters. The van der Waals surface area contributed by atoms with E-state index in [0.717, 1.165) is 0 Å². The molecule has 0 spiro atoms. The van der Waals surface area contributed by atoms with Gasteiger partial charge in [0.15, 0.2) is 0 Å². The minimum atomic E-state index is 0. The van der Waals surface area contributed by atoms with Crippen LogP contribution in [0.25, 0.3) is 0 Å². The van der Waals surface area contributed by atoms with Crippen molar-refractivity contribution in [2.75, 3.05) is 0 Å². The fourth-order valence-electron chi connectivity index (χ4n) is 0. The Morgan fingerprint density at radius 1 is 1.20 bits per heavy atom. The Labute approximate surface area is 165 Å². The van der Waals surface area contributed by atoms with E-state index < -0.39 is 0 Å². The summed E-state index contributed by atoms with van der Waals surface area (Å²) in [6, 6.07) is 0. The summed E-state index contributed by atoms with van der Waals surface area (Å²) in [5.41, 5.74) is 0. The molecule has 0 aliphatic carbocycles. The first-order chi connectivity index (χ1) is 0. The molecular weight excluding hydrogens is 192 g/mol. The van der Waals surface area contributed by atoms with Crippen molar-refractivity contribution < 1.29 is 109 Å². The molecule has 0 amide bonds. The quantitative estimate of drug-likeness (QED) is 0.340. The van der Waals surface area contributed by atoms with Gasteiger partial charge in [-0.1, -0.05) is 0 Å². The van der Waals surface area contributed by atoms with Crippen LogP contribution in [0, 0.1) is 0 Å². The van der Waals surface area contributed by atoms with Crippen LogP contribution in [0.2, 0.25) is 0 Å². The van der Waals surface area contributed by atoms with Crippen molar-refractivity contribution in [3.8, 4) is 0 Å². The Hall–Kier alpha value is 5.29. The minimum absolute atomic E-state index is 0. The van der Waals surface area contributed by atoms with Crippen LogP contribution in [0.5, 0.6) is 0 Å². The third-order valence-corrected chi connectivity index (χ3v) is 0. The van der Waals surface area contributed by atoms with E-state index in [2.05, 4.69) is 0 Å². The molecule has 0 radical (unpaired) electrons. The summed E-state index contributed by atoms with van der Waals surface area (Å²) in [4.78, 5) is 0. The predicted molar refractivity (Wildman–Crippen MR) is 18.2 cm³/mol. The average Bonchev–Trinajstić information content (AvgIpc) is 0. The first-order valence-corrected chi connectivity index (χ1v) is 0. The van der Waals surface area contributed by atoms with Gasteiger partial charge in [-0.2, -0.15) is 0 Å². The SMILES string of the molecule is [Ca+2].[H-].[H-].[H-].[H-].[H-].[H-].[K+].[Mg+2].[Na+].[Zn]. The van der Waals surface area contributed by atoms with Gasteiger partial charge in [0.25, 0.3) is 0 Å². The van der Waals surface area contributed by atoms with Crippen molar-refractivity contribution in [2.24, 2.45) is 0 Å². The van der Waals surface area contributed by atoms with E-state index in [9.17, 15) is 0 Å². The third kappa shape index (κ3) is 17.6. The summed E-state index contributed by atoms with van der Waals surface area (Å²) in [7, 11) is 0. The maximum absolute atomic E-state index is 0. The molecule has 5 heavy (non-hydrogen) atoms. The molecule has 0 N–H and O–H groups in total. The summed E-state index contributed by atoms with van der Waals surface area (Å²) < 4.78 is 0. The largest absolute Gasteiger partial charge is 2.00 e. The van der Waals surface area contributed by atoms with Crippen LogP contribution in [-0.4, -0.2) is 60.8 Å². The van der Waals surface area contributed by atoms with Crippen LogP contribution in [0.15, 0.2) is 0 Å². The Morgan fingerprint density at radius 3 is 1.20 bits per heavy atom. The topological polar surface area (TPSA) is 0 Å². The monoisotopic (exact) mass is 196 g/mol. The van der Waals surface area contributed by atoms with E-state index in [1.165, 1.54) is 0 Å². The minimum Gasteiger partial charge on any atom is -1.00 e. The van der Waals surface area contributed by atoms with Crippen molar-refractivity contribution in [1.82, 2.24) is 0 Å². The second kappa shape index (κ2) is 22.8. The third-order valence-electron chi connectivity index (χ3n) is 0. The molecule has 0 atom stereocenters. The number of rotatable bonds is 0. The maximum atomic E-state index is 0. The van der Waals surface area contributed by atoms with Gasteiger partial charge in [0.1, 0.15) is 0 Å². The van der Waals surface area contributed by atoms with Crippen LogP contribution in [-0.2, 0) is 19.5 Å². The summed E-state index contributed by atoms with van der Waals surface area (Å²) in [6.07, 6.45) is 0. The van der Waals surface area contributed by atoms with E-state index >= 15 is 0 Å². The van der Waals surface area contributed by atoms with Gasteiger partial charge in [0.05, 0.1) is 0 Å². The van der Waals surface area contributed by atoms with Gasteiger partial charge in [-0.05, 0) is 0 Å². The first-order valence-electron chi connectivity index (χ1n) is 0. The first kappa shape index (κ1) is 31.7. The molecule has 0 aliphatic heterocycles. The fourth-order valence-corrected chi connectivity index (χ4v) is 0. The van der Waals surface area contributed by atoms with Gasteiger partial charge in [0, 0.05) is 19.5 Å². The Morgan fingerprint density at radius 2 is 1.20 bits per heavy atom. The van der Waals surface area contributed by atoms with Gasteiger partial charge in [-0.15, -0.1) is 0 Å². The summed E-state index contributed by atoms with van der Waals surface area (Å²) in [5.74, 6) is 0. The Balaban J connectivity index is 0. The van der Waals surface area contributed by atoms with Crippen LogP contribution >= 0.6 is 0 Å². The van der Waals surface area contributed by atoms with Crippen molar-refractivity contribution >= 4 is 60.8 Å². The van der Waals surface area contributed by atoms with Crippen molar-refractivity contribution in [1.29, 1.82) is 0 Å². The molecule has 0 rings (SSSR count). The van der Waals surface area contributed by atoms with Crippen molar-refractivity contribution in [2.45, 2.75) is 0 Å². The average molecular weight is 198 g/mol. The fraction of sp³-hybridized carbons (Fsp3) is 0. The molecule has 0 aliphatic rings. The summed E-state index contributed by atoms with van der Waals surface area (Å²) in [5, 5.41) is 0. The van der Waals surface area contributed by atoms with E-state index in [0.29, 0.717) is 0 Å². The Bertz CT molecular complexity index is 22.5. The molecule has 0 saturated carbocycles. The number of hydrogen-bond acceptors (Lipinski definition) is 0. The van der Waals surface area contributed by atoms with Crippen LogP contribution in [0.1, 0.15) is 8.56 Å². The summed E-state index contributed by atoms with van der Waals surface area (Å²) >= 11 is 0. The molecule has 0 bridgehead atoms. The molecule has 0 aromatic carbocycles. The predicted octanol–water partition coefficient (Wildman–Crippen LogP) is -6.08. The van der Waals surface area contributed by atoms with Crippen LogP contribution in [0.3, 0.4) is 0 Å². The van der Waals surface area contributed by atoms with E-state index in [-0.39, 0.29) is 170 Å². The van der Waals surface area contributed by atoms with Gasteiger partial charge >= 0.3 is 142 Å². The zero-order valence-electron chi connectivity index (χ0n) is 10.1. The molecule has 0 nitrogen and oxygen atoms in total. The van der Waals surface area contributed by atoms with Crippen LogP contribution in [0.4, 0.5) is 0 Å². The second-order valence-electron chi connectivity index (χ2n) is 0. The van der Waals surface area contributed by atoms with Gasteiger partial charge in [-0.3, -0.25) is 0 Å². The summed E-state index contributed by atoms with van der Waals surface area (Å²) in [6.45, 7) is 0. The second-order valence-corrected chi connectivity index (χ2v) is 0. The smallest absolute Gasteiger partial charge is 1.00 e. The number of hydrogen-bond donors (Lipinski definition) is 0. The van der Waals surface area contributed by atoms with E-state index in [1.807, 2.05) is 0 Å². The van der Waals surface area contributed by atoms with Crippen molar-refractivity contribution in [3.63, 3.8) is 0 Å². The van der Waals surface area contributed by atoms with Crippen molar-refractivity contribution in [3.05, 3.63) is 0 Å². The zero-order valence-corrected chi connectivity index (χ0v) is 15.8. The van der Waals surface area contributed by atoms with Gasteiger partial charge in [0.2, 0.25) is 0 Å². The van der Waals surface area contributed by atoms with Gasteiger partial charge in [-0.25, -0.2) is 0 Å². The normalized spacial score (nSPS) is 0. The Kier molecular flexibility index (Phi) is 145. The molecule has 0 heterocycles. The van der Waals surface area contributed by atoms with Crippen LogP contribution < -0.4 is 80.9 Å². The molecular formula is H6CaKMgNaZn. The van der Waals surface area contributed by atoms with E-state index in [1.54, 1.807) is 0 Å². The molecule has 0 saturated heterocycles. The van der Waals surface area contributed by atoms with Gasteiger partial charge < -0.3 is 8.56 Å². The molecule has 0 aromatic rings. The molecule has 14 valence electrons. The zero-order chi connectivity index (χ0) is 0. The van der Waals surface area contributed by atoms with E-state index in [4.69, 9.17) is 0 Å². The molecule has 0 aromatic heterocycles. The standard InChI is InChI=1S/Ca.K.Mg.Na.Zn.6H/q+2;+1;+2;+1;;6*-1. The molecule has 0 fully saturated rings. The molecule has 5 heteroatoms.